The van der Waals surface area contributed by atoms with Crippen LogP contribution in [0.5, 0.6) is 5.75 Å². The summed E-state index contributed by atoms with van der Waals surface area (Å²) >= 11 is 0. The lowest BCUT2D eigenvalue weighted by Crippen LogP contribution is -2.29. The molecule has 0 aromatic heterocycles. The zero-order chi connectivity index (χ0) is 12.5. The lowest BCUT2D eigenvalue weighted by molar-refractivity contribution is 0.405. The van der Waals surface area contributed by atoms with Gasteiger partial charge in [0.25, 0.3) is 0 Å². The Hall–Kier alpha value is -1.02. The van der Waals surface area contributed by atoms with E-state index >= 15 is 0 Å². The van der Waals surface area contributed by atoms with E-state index in [2.05, 4.69) is 31.3 Å². The highest BCUT2D eigenvalue weighted by Gasteiger charge is 2.06. The second-order valence-electron chi connectivity index (χ2n) is 4.58. The number of benzene rings is 1. The maximum Gasteiger partial charge on any atom is 0.122 e. The van der Waals surface area contributed by atoms with Crippen LogP contribution >= 0.6 is 0 Å². The number of para-hydroxylation sites is 1. The molecule has 2 heteroatoms. The molecule has 0 aliphatic carbocycles. The minimum atomic E-state index is 0.503. The first kappa shape index (κ1) is 14.0. The normalized spacial score (nSPS) is 12.4. The Morgan fingerprint density at radius 3 is 2.71 bits per heavy atom. The number of ether oxygens (including phenoxy) is 1. The van der Waals surface area contributed by atoms with Gasteiger partial charge >= 0.3 is 0 Å². The predicted octanol–water partition coefficient (Wildman–Crippen LogP) is 3.41. The van der Waals surface area contributed by atoms with E-state index in [-0.39, 0.29) is 0 Å². The molecule has 2 nitrogen and oxygen atoms in total. The van der Waals surface area contributed by atoms with Crippen LogP contribution in [-0.2, 0) is 6.42 Å². The number of rotatable bonds is 8. The molecule has 0 spiro atoms. The van der Waals surface area contributed by atoms with Crippen molar-refractivity contribution in [2.75, 3.05) is 13.7 Å². The Morgan fingerprint density at radius 1 is 1.24 bits per heavy atom. The van der Waals surface area contributed by atoms with Crippen molar-refractivity contribution in [2.24, 2.45) is 0 Å². The Bertz CT molecular complexity index is 312. The van der Waals surface area contributed by atoms with Gasteiger partial charge in [0, 0.05) is 6.04 Å². The van der Waals surface area contributed by atoms with Crippen LogP contribution in [0, 0.1) is 0 Å². The first-order valence-corrected chi connectivity index (χ1v) is 6.63. The van der Waals surface area contributed by atoms with Crippen LogP contribution in [0.4, 0.5) is 0 Å². The van der Waals surface area contributed by atoms with E-state index in [1.54, 1.807) is 7.11 Å². The highest BCUT2D eigenvalue weighted by molar-refractivity contribution is 5.33. The van der Waals surface area contributed by atoms with Crippen LogP contribution in [-0.4, -0.2) is 19.7 Å². The summed E-state index contributed by atoms with van der Waals surface area (Å²) in [7, 11) is 1.73. The van der Waals surface area contributed by atoms with Crippen molar-refractivity contribution in [3.05, 3.63) is 29.8 Å². The standard InChI is InChI=1S/C15H25NO/c1-4-5-8-11-16-13(2)12-14-9-6-7-10-15(14)17-3/h6-7,9-10,13,16H,4-5,8,11-12H2,1-3H3. The molecule has 0 aliphatic rings. The van der Waals surface area contributed by atoms with Gasteiger partial charge in [0.1, 0.15) is 5.75 Å². The number of nitrogens with one attached hydrogen (secondary N) is 1. The van der Waals surface area contributed by atoms with Gasteiger partial charge in [-0.05, 0) is 37.9 Å². The largest absolute Gasteiger partial charge is 0.496 e. The highest BCUT2D eigenvalue weighted by Crippen LogP contribution is 2.18. The van der Waals surface area contributed by atoms with Gasteiger partial charge < -0.3 is 10.1 Å². The Morgan fingerprint density at radius 2 is 2.00 bits per heavy atom. The summed E-state index contributed by atoms with van der Waals surface area (Å²) in [5, 5.41) is 3.56. The molecule has 0 aliphatic heterocycles. The maximum absolute atomic E-state index is 5.36. The molecule has 96 valence electrons. The average molecular weight is 235 g/mol. The van der Waals surface area contributed by atoms with E-state index in [1.807, 2.05) is 12.1 Å². The van der Waals surface area contributed by atoms with Crippen molar-refractivity contribution in [1.29, 1.82) is 0 Å². The van der Waals surface area contributed by atoms with Gasteiger partial charge in [-0.1, -0.05) is 38.0 Å². The van der Waals surface area contributed by atoms with Gasteiger partial charge in [0.2, 0.25) is 0 Å². The summed E-state index contributed by atoms with van der Waals surface area (Å²) in [4.78, 5) is 0. The van der Waals surface area contributed by atoms with Gasteiger partial charge in [0.05, 0.1) is 7.11 Å². The Kier molecular flexibility index (Phi) is 6.71. The molecular formula is C15H25NO. The minimum absolute atomic E-state index is 0.503. The SMILES string of the molecule is CCCCCNC(C)Cc1ccccc1OC. The van der Waals surface area contributed by atoms with E-state index < -0.39 is 0 Å². The maximum atomic E-state index is 5.36. The molecule has 0 saturated heterocycles. The van der Waals surface area contributed by atoms with Crippen LogP contribution in [0.1, 0.15) is 38.7 Å². The fraction of sp³-hybridized carbons (Fsp3) is 0.600. The average Bonchev–Trinajstić information content (AvgIpc) is 2.35. The van der Waals surface area contributed by atoms with Crippen LogP contribution in [0.15, 0.2) is 24.3 Å². The van der Waals surface area contributed by atoms with E-state index in [9.17, 15) is 0 Å². The molecule has 0 heterocycles. The molecule has 0 amide bonds. The van der Waals surface area contributed by atoms with Gasteiger partial charge in [-0.15, -0.1) is 0 Å². The van der Waals surface area contributed by atoms with E-state index in [1.165, 1.54) is 24.8 Å². The smallest absolute Gasteiger partial charge is 0.122 e. The van der Waals surface area contributed by atoms with Crippen LogP contribution in [0.25, 0.3) is 0 Å². The first-order chi connectivity index (χ1) is 8.27. The van der Waals surface area contributed by atoms with Crippen molar-refractivity contribution < 1.29 is 4.74 Å². The zero-order valence-electron chi connectivity index (χ0n) is 11.3. The number of hydrogen-bond donors (Lipinski definition) is 1. The van der Waals surface area contributed by atoms with Crippen LogP contribution in [0.3, 0.4) is 0 Å². The molecular weight excluding hydrogens is 210 g/mol. The Balaban J connectivity index is 2.36. The highest BCUT2D eigenvalue weighted by atomic mass is 16.5. The summed E-state index contributed by atoms with van der Waals surface area (Å²) in [6.45, 7) is 5.58. The van der Waals surface area contributed by atoms with Gasteiger partial charge in [-0.2, -0.15) is 0 Å². The van der Waals surface area contributed by atoms with Gasteiger partial charge in [-0.25, -0.2) is 0 Å². The summed E-state index contributed by atoms with van der Waals surface area (Å²) in [5.74, 6) is 0.995. The number of hydrogen-bond acceptors (Lipinski definition) is 2. The first-order valence-electron chi connectivity index (χ1n) is 6.63. The molecule has 0 radical (unpaired) electrons. The third kappa shape index (κ3) is 5.22. The molecule has 1 N–H and O–H groups in total. The molecule has 1 unspecified atom stereocenters. The third-order valence-electron chi connectivity index (χ3n) is 2.99. The van der Waals surface area contributed by atoms with E-state index in [4.69, 9.17) is 4.74 Å². The van der Waals surface area contributed by atoms with Crippen molar-refractivity contribution in [3.8, 4) is 5.75 Å². The van der Waals surface area contributed by atoms with Crippen molar-refractivity contribution in [1.82, 2.24) is 5.32 Å². The van der Waals surface area contributed by atoms with E-state index in [0.717, 1.165) is 18.7 Å². The van der Waals surface area contributed by atoms with Crippen molar-refractivity contribution >= 4 is 0 Å². The fourth-order valence-corrected chi connectivity index (χ4v) is 2.00. The topological polar surface area (TPSA) is 21.3 Å². The summed E-state index contributed by atoms with van der Waals surface area (Å²) in [5.41, 5.74) is 1.28. The molecule has 0 bridgehead atoms. The second kappa shape index (κ2) is 8.13. The lowest BCUT2D eigenvalue weighted by atomic mass is 10.1. The van der Waals surface area contributed by atoms with Gasteiger partial charge in [-0.3, -0.25) is 0 Å². The molecule has 0 fully saturated rings. The molecule has 1 aromatic carbocycles. The molecule has 1 aromatic rings. The third-order valence-corrected chi connectivity index (χ3v) is 2.99. The van der Waals surface area contributed by atoms with Gasteiger partial charge in [0.15, 0.2) is 0 Å². The van der Waals surface area contributed by atoms with Crippen LogP contribution in [0.2, 0.25) is 0 Å². The van der Waals surface area contributed by atoms with Crippen molar-refractivity contribution in [2.45, 2.75) is 45.6 Å². The lowest BCUT2D eigenvalue weighted by Gasteiger charge is -2.15. The number of unbranched alkanes of at least 4 members (excludes halogenated alkanes) is 2. The van der Waals surface area contributed by atoms with E-state index in [0.29, 0.717) is 6.04 Å². The molecule has 1 atom stereocenters. The molecule has 0 saturated carbocycles. The van der Waals surface area contributed by atoms with Crippen molar-refractivity contribution in [3.63, 3.8) is 0 Å². The Labute approximate surface area is 105 Å². The summed E-state index contributed by atoms with van der Waals surface area (Å²) < 4.78 is 5.36. The quantitative estimate of drug-likeness (QED) is 0.697. The zero-order valence-corrected chi connectivity index (χ0v) is 11.3. The fourth-order valence-electron chi connectivity index (χ4n) is 2.00. The predicted molar refractivity (Wildman–Crippen MR) is 73.7 cm³/mol. The number of methoxy groups -OCH3 is 1. The van der Waals surface area contributed by atoms with Crippen LogP contribution < -0.4 is 10.1 Å². The summed E-state index contributed by atoms with van der Waals surface area (Å²) in [6, 6.07) is 8.76. The monoisotopic (exact) mass is 235 g/mol. The minimum Gasteiger partial charge on any atom is -0.496 e. The summed E-state index contributed by atoms with van der Waals surface area (Å²) in [6.07, 6.45) is 4.89. The molecule has 17 heavy (non-hydrogen) atoms. The second-order valence-corrected chi connectivity index (χ2v) is 4.58. The molecule has 1 rings (SSSR count).